The number of rotatable bonds is 4. The van der Waals surface area contributed by atoms with Crippen LogP contribution in [0.2, 0.25) is 0 Å². The number of thiazole rings is 1. The molecule has 1 fully saturated rings. The largest absolute Gasteiger partial charge is 0.325 e. The summed E-state index contributed by atoms with van der Waals surface area (Å²) in [5.74, 6) is 1.08. The molecule has 0 spiro atoms. The van der Waals surface area contributed by atoms with Crippen molar-refractivity contribution in [1.82, 2.24) is 4.98 Å². The van der Waals surface area contributed by atoms with E-state index in [9.17, 15) is 0 Å². The van der Waals surface area contributed by atoms with Gasteiger partial charge in [-0.25, -0.2) is 4.98 Å². The number of nitrogens with two attached hydrogens (primary N) is 1. The van der Waals surface area contributed by atoms with E-state index in [4.69, 9.17) is 5.73 Å². The Morgan fingerprint density at radius 2 is 2.29 bits per heavy atom. The summed E-state index contributed by atoms with van der Waals surface area (Å²) in [5.41, 5.74) is 6.56. The normalized spacial score (nSPS) is 17.8. The van der Waals surface area contributed by atoms with Gasteiger partial charge in [0.15, 0.2) is 0 Å². The molecule has 1 aliphatic carbocycles. The maximum absolute atomic E-state index is 5.52. The molecule has 0 amide bonds. The predicted molar refractivity (Wildman–Crippen MR) is 63.6 cm³/mol. The lowest BCUT2D eigenvalue weighted by molar-refractivity contribution is 0.886. The maximum Gasteiger partial charge on any atom is 0.103 e. The van der Waals surface area contributed by atoms with E-state index in [0.29, 0.717) is 6.54 Å². The Bertz CT molecular complexity index is 279. The van der Waals surface area contributed by atoms with Gasteiger partial charge in [0.1, 0.15) is 5.01 Å². The molecule has 0 unspecified atom stereocenters. The summed E-state index contributed by atoms with van der Waals surface area (Å²) in [4.78, 5) is 4.46. The summed E-state index contributed by atoms with van der Waals surface area (Å²) in [6.45, 7) is 0.574. The van der Waals surface area contributed by atoms with E-state index >= 15 is 0 Å². The summed E-state index contributed by atoms with van der Waals surface area (Å²) < 4.78 is 0. The van der Waals surface area contributed by atoms with Crippen LogP contribution in [-0.2, 0) is 12.3 Å². The van der Waals surface area contributed by atoms with Crippen molar-refractivity contribution in [2.24, 2.45) is 5.73 Å². The van der Waals surface area contributed by atoms with E-state index in [0.717, 1.165) is 16.7 Å². The third-order valence-electron chi connectivity index (χ3n) is 2.55. The van der Waals surface area contributed by atoms with Crippen LogP contribution in [-0.4, -0.2) is 10.2 Å². The summed E-state index contributed by atoms with van der Waals surface area (Å²) in [6, 6.07) is 0. The fourth-order valence-electron chi connectivity index (χ4n) is 1.75. The molecule has 1 aromatic rings. The van der Waals surface area contributed by atoms with Crippen LogP contribution in [0.1, 0.15) is 36.4 Å². The molecule has 0 aliphatic heterocycles. The zero-order valence-electron chi connectivity index (χ0n) is 8.24. The van der Waals surface area contributed by atoms with Crippen LogP contribution in [0.3, 0.4) is 0 Å². The molecule has 1 heterocycles. The average Bonchev–Trinajstić information content (AvgIpc) is 2.86. The second kappa shape index (κ2) is 5.14. The highest BCUT2D eigenvalue weighted by Gasteiger charge is 2.15. The first-order valence-electron chi connectivity index (χ1n) is 5.13. The van der Waals surface area contributed by atoms with Crippen LogP contribution in [0.5, 0.6) is 0 Å². The summed E-state index contributed by atoms with van der Waals surface area (Å²) in [6.07, 6.45) is 5.65. The number of hydrogen-bond donors (Lipinski definition) is 1. The third-order valence-corrected chi connectivity index (χ3v) is 5.02. The van der Waals surface area contributed by atoms with E-state index in [1.54, 1.807) is 11.3 Å². The van der Waals surface area contributed by atoms with Gasteiger partial charge in [0, 0.05) is 22.9 Å². The zero-order valence-corrected chi connectivity index (χ0v) is 9.87. The van der Waals surface area contributed by atoms with Crippen molar-refractivity contribution >= 4 is 23.1 Å². The zero-order chi connectivity index (χ0) is 9.80. The first-order valence-corrected chi connectivity index (χ1v) is 7.06. The molecule has 4 heteroatoms. The average molecular weight is 228 g/mol. The van der Waals surface area contributed by atoms with Gasteiger partial charge in [0.25, 0.3) is 0 Å². The fourth-order valence-corrected chi connectivity index (χ4v) is 3.93. The van der Waals surface area contributed by atoms with Crippen molar-refractivity contribution < 1.29 is 0 Å². The molecule has 78 valence electrons. The van der Waals surface area contributed by atoms with E-state index in [1.807, 2.05) is 0 Å². The Hall–Kier alpha value is -0.0600. The molecule has 0 aromatic carbocycles. The second-order valence-electron chi connectivity index (χ2n) is 3.65. The van der Waals surface area contributed by atoms with Crippen LogP contribution in [0, 0.1) is 0 Å². The van der Waals surface area contributed by atoms with Gasteiger partial charge in [-0.15, -0.1) is 11.3 Å². The Kier molecular flexibility index (Phi) is 3.84. The number of hydrogen-bond acceptors (Lipinski definition) is 4. The topological polar surface area (TPSA) is 38.9 Å². The van der Waals surface area contributed by atoms with E-state index in [-0.39, 0.29) is 0 Å². The van der Waals surface area contributed by atoms with Gasteiger partial charge >= 0.3 is 0 Å². The molecular weight excluding hydrogens is 212 g/mol. The minimum atomic E-state index is 0.574. The van der Waals surface area contributed by atoms with Crippen molar-refractivity contribution in [2.45, 2.75) is 43.2 Å². The Morgan fingerprint density at radius 3 is 2.93 bits per heavy atom. The fraction of sp³-hybridized carbons (Fsp3) is 0.700. The smallest absolute Gasteiger partial charge is 0.103 e. The molecule has 1 aromatic heterocycles. The lowest BCUT2D eigenvalue weighted by Crippen LogP contribution is -1.97. The number of aromatic nitrogens is 1. The minimum absolute atomic E-state index is 0.574. The molecule has 0 bridgehead atoms. The van der Waals surface area contributed by atoms with Crippen LogP contribution in [0.4, 0.5) is 0 Å². The van der Waals surface area contributed by atoms with Crippen molar-refractivity contribution in [3.05, 3.63) is 16.1 Å². The van der Waals surface area contributed by atoms with Gasteiger partial charge in [-0.2, -0.15) is 11.8 Å². The number of thioether (sulfide) groups is 1. The van der Waals surface area contributed by atoms with Crippen LogP contribution < -0.4 is 5.73 Å². The maximum atomic E-state index is 5.52. The molecule has 0 atom stereocenters. The monoisotopic (exact) mass is 228 g/mol. The van der Waals surface area contributed by atoms with Crippen molar-refractivity contribution in [3.63, 3.8) is 0 Å². The van der Waals surface area contributed by atoms with E-state index in [1.165, 1.54) is 30.7 Å². The molecule has 1 aliphatic rings. The Morgan fingerprint density at radius 1 is 1.50 bits per heavy atom. The molecule has 1 saturated carbocycles. The van der Waals surface area contributed by atoms with Gasteiger partial charge in [-0.1, -0.05) is 12.8 Å². The number of nitrogens with zero attached hydrogens (tertiary/aromatic N) is 1. The predicted octanol–water partition coefficient (Wildman–Crippen LogP) is 2.78. The van der Waals surface area contributed by atoms with Crippen molar-refractivity contribution in [1.29, 1.82) is 0 Å². The molecule has 0 saturated heterocycles. The minimum Gasteiger partial charge on any atom is -0.325 e. The summed E-state index contributed by atoms with van der Waals surface area (Å²) >= 11 is 3.81. The van der Waals surface area contributed by atoms with Crippen LogP contribution in [0.25, 0.3) is 0 Å². The summed E-state index contributed by atoms with van der Waals surface area (Å²) in [7, 11) is 0. The van der Waals surface area contributed by atoms with E-state index in [2.05, 4.69) is 22.1 Å². The lowest BCUT2D eigenvalue weighted by atomic mass is 10.4. The highest BCUT2D eigenvalue weighted by Crippen LogP contribution is 2.32. The third kappa shape index (κ3) is 2.72. The molecule has 0 radical (unpaired) electrons. The standard InChI is InChI=1S/C10H16N2S2/c11-5-8-6-14-10(12-8)7-13-9-3-1-2-4-9/h6,9H,1-5,7,11H2. The van der Waals surface area contributed by atoms with E-state index < -0.39 is 0 Å². The van der Waals surface area contributed by atoms with Crippen LogP contribution >= 0.6 is 23.1 Å². The lowest BCUT2D eigenvalue weighted by Gasteiger charge is -2.05. The highest BCUT2D eigenvalue weighted by molar-refractivity contribution is 7.99. The SMILES string of the molecule is NCc1csc(CSC2CCCC2)n1. The quantitative estimate of drug-likeness (QED) is 0.861. The first kappa shape index (κ1) is 10.5. The van der Waals surface area contributed by atoms with Crippen LogP contribution in [0.15, 0.2) is 5.38 Å². The second-order valence-corrected chi connectivity index (χ2v) is 5.89. The Balaban J connectivity index is 1.79. The highest BCUT2D eigenvalue weighted by atomic mass is 32.2. The first-order chi connectivity index (χ1) is 6.88. The van der Waals surface area contributed by atoms with Crippen molar-refractivity contribution in [3.8, 4) is 0 Å². The van der Waals surface area contributed by atoms with Gasteiger partial charge in [0.2, 0.25) is 0 Å². The summed E-state index contributed by atoms with van der Waals surface area (Å²) in [5, 5.41) is 4.20. The molecule has 2 rings (SSSR count). The van der Waals surface area contributed by atoms with Gasteiger partial charge in [0.05, 0.1) is 5.69 Å². The molecular formula is C10H16N2S2. The molecule has 2 nitrogen and oxygen atoms in total. The van der Waals surface area contributed by atoms with Gasteiger partial charge in [-0.05, 0) is 12.8 Å². The Labute approximate surface area is 93.3 Å². The van der Waals surface area contributed by atoms with Gasteiger partial charge < -0.3 is 5.73 Å². The van der Waals surface area contributed by atoms with Gasteiger partial charge in [-0.3, -0.25) is 0 Å². The van der Waals surface area contributed by atoms with Crippen molar-refractivity contribution in [2.75, 3.05) is 0 Å². The molecule has 14 heavy (non-hydrogen) atoms. The molecule has 2 N–H and O–H groups in total.